The van der Waals surface area contributed by atoms with Crippen molar-refractivity contribution in [2.45, 2.75) is 6.42 Å². The zero-order valence-electron chi connectivity index (χ0n) is 12.9. The Morgan fingerprint density at radius 2 is 1.82 bits per heavy atom. The van der Waals surface area contributed by atoms with Crippen LogP contribution in [0.3, 0.4) is 0 Å². The van der Waals surface area contributed by atoms with E-state index in [0.29, 0.717) is 18.1 Å². The quantitative estimate of drug-likeness (QED) is 0.764. The van der Waals surface area contributed by atoms with Crippen LogP contribution < -0.4 is 10.6 Å². The molecule has 22 heavy (non-hydrogen) atoms. The SMILES string of the molecule is CN(C)CCCNC(=O)c1cnc(Nc2ccccc2)nc1. The summed E-state index contributed by atoms with van der Waals surface area (Å²) in [5.41, 5.74) is 1.37. The standard InChI is InChI=1S/C16H21N5O/c1-21(2)10-6-9-17-15(22)13-11-18-16(19-12-13)20-14-7-4-3-5-8-14/h3-5,7-8,11-12H,6,9-10H2,1-2H3,(H,17,22)(H,18,19,20). The Labute approximate surface area is 130 Å². The largest absolute Gasteiger partial charge is 0.352 e. The van der Waals surface area contributed by atoms with Gasteiger partial charge in [-0.15, -0.1) is 0 Å². The lowest BCUT2D eigenvalue weighted by atomic mass is 10.3. The summed E-state index contributed by atoms with van der Waals surface area (Å²) in [4.78, 5) is 22.3. The van der Waals surface area contributed by atoms with Crippen LogP contribution in [-0.2, 0) is 0 Å². The zero-order chi connectivity index (χ0) is 15.8. The summed E-state index contributed by atoms with van der Waals surface area (Å²) >= 11 is 0. The number of rotatable bonds is 7. The molecule has 6 nitrogen and oxygen atoms in total. The van der Waals surface area contributed by atoms with Gasteiger partial charge in [-0.3, -0.25) is 4.79 Å². The summed E-state index contributed by atoms with van der Waals surface area (Å²) in [5.74, 6) is 0.320. The van der Waals surface area contributed by atoms with Crippen molar-refractivity contribution in [2.24, 2.45) is 0 Å². The Morgan fingerprint density at radius 3 is 2.45 bits per heavy atom. The number of carbonyl (C=O) groups is 1. The minimum atomic E-state index is -0.148. The van der Waals surface area contributed by atoms with Gasteiger partial charge >= 0.3 is 0 Å². The molecular weight excluding hydrogens is 278 g/mol. The zero-order valence-corrected chi connectivity index (χ0v) is 12.9. The van der Waals surface area contributed by atoms with Crippen LogP contribution in [-0.4, -0.2) is 48.0 Å². The van der Waals surface area contributed by atoms with E-state index < -0.39 is 0 Å². The second kappa shape index (κ2) is 8.09. The number of aromatic nitrogens is 2. The lowest BCUT2D eigenvalue weighted by Gasteiger charge is -2.10. The third-order valence-electron chi connectivity index (χ3n) is 3.01. The number of amides is 1. The van der Waals surface area contributed by atoms with Gasteiger partial charge in [-0.1, -0.05) is 18.2 Å². The average Bonchev–Trinajstić information content (AvgIpc) is 2.53. The maximum absolute atomic E-state index is 11.9. The topological polar surface area (TPSA) is 70.2 Å². The Balaban J connectivity index is 1.84. The van der Waals surface area contributed by atoms with Gasteiger partial charge in [0.2, 0.25) is 5.95 Å². The minimum absolute atomic E-state index is 0.148. The number of hydrogen-bond donors (Lipinski definition) is 2. The number of nitrogens with one attached hydrogen (secondary N) is 2. The molecule has 0 atom stereocenters. The van der Waals surface area contributed by atoms with Crippen molar-refractivity contribution < 1.29 is 4.79 Å². The summed E-state index contributed by atoms with van der Waals surface area (Å²) in [6.45, 7) is 1.58. The predicted molar refractivity (Wildman–Crippen MR) is 87.3 cm³/mol. The molecule has 0 radical (unpaired) electrons. The van der Waals surface area contributed by atoms with Crippen LogP contribution in [0.4, 0.5) is 11.6 Å². The first-order valence-electron chi connectivity index (χ1n) is 7.22. The normalized spacial score (nSPS) is 10.5. The molecular formula is C16H21N5O. The molecule has 0 bridgehead atoms. The Hall–Kier alpha value is -2.47. The highest BCUT2D eigenvalue weighted by Crippen LogP contribution is 2.11. The van der Waals surface area contributed by atoms with Crippen LogP contribution >= 0.6 is 0 Å². The van der Waals surface area contributed by atoms with Gasteiger partial charge in [-0.2, -0.15) is 0 Å². The van der Waals surface area contributed by atoms with Gasteiger partial charge in [0, 0.05) is 24.6 Å². The third kappa shape index (κ3) is 5.14. The molecule has 0 saturated carbocycles. The second-order valence-electron chi connectivity index (χ2n) is 5.20. The van der Waals surface area contributed by atoms with Gasteiger partial charge in [0.25, 0.3) is 5.91 Å². The first-order chi connectivity index (χ1) is 10.6. The van der Waals surface area contributed by atoms with E-state index in [4.69, 9.17) is 0 Å². The molecule has 1 aromatic heterocycles. The number of para-hydroxylation sites is 1. The number of hydrogen-bond acceptors (Lipinski definition) is 5. The van der Waals surface area contributed by atoms with Crippen LogP contribution in [0.15, 0.2) is 42.7 Å². The van der Waals surface area contributed by atoms with Crippen LogP contribution in [0.5, 0.6) is 0 Å². The molecule has 6 heteroatoms. The van der Waals surface area contributed by atoms with Crippen molar-refractivity contribution in [3.63, 3.8) is 0 Å². The van der Waals surface area contributed by atoms with Crippen LogP contribution in [0.1, 0.15) is 16.8 Å². The Morgan fingerprint density at radius 1 is 1.14 bits per heavy atom. The fourth-order valence-corrected chi connectivity index (χ4v) is 1.86. The minimum Gasteiger partial charge on any atom is -0.352 e. The van der Waals surface area contributed by atoms with Crippen LogP contribution in [0.2, 0.25) is 0 Å². The smallest absolute Gasteiger partial charge is 0.254 e. The first-order valence-corrected chi connectivity index (χ1v) is 7.22. The molecule has 0 aliphatic rings. The van der Waals surface area contributed by atoms with Gasteiger partial charge in [0.1, 0.15) is 0 Å². The molecule has 1 aromatic carbocycles. The predicted octanol–water partition coefficient (Wildman–Crippen LogP) is 1.90. The summed E-state index contributed by atoms with van der Waals surface area (Å²) in [5, 5.41) is 5.93. The van der Waals surface area contributed by atoms with E-state index in [1.54, 1.807) is 0 Å². The number of nitrogens with zero attached hydrogens (tertiary/aromatic N) is 3. The molecule has 1 amide bonds. The van der Waals surface area contributed by atoms with Gasteiger partial charge in [-0.25, -0.2) is 9.97 Å². The highest BCUT2D eigenvalue weighted by molar-refractivity contribution is 5.93. The van der Waals surface area contributed by atoms with E-state index in [2.05, 4.69) is 25.5 Å². The van der Waals surface area contributed by atoms with Crippen molar-refractivity contribution >= 4 is 17.5 Å². The van der Waals surface area contributed by atoms with Gasteiger partial charge < -0.3 is 15.5 Å². The molecule has 2 rings (SSSR count). The Kier molecular flexibility index (Phi) is 5.85. The van der Waals surface area contributed by atoms with E-state index >= 15 is 0 Å². The van der Waals surface area contributed by atoms with Gasteiger partial charge in [-0.05, 0) is 39.2 Å². The second-order valence-corrected chi connectivity index (χ2v) is 5.20. The summed E-state index contributed by atoms with van der Waals surface area (Å²) in [7, 11) is 4.02. The summed E-state index contributed by atoms with van der Waals surface area (Å²) < 4.78 is 0. The Bertz CT molecular complexity index is 583. The van der Waals surface area contributed by atoms with Crippen LogP contribution in [0.25, 0.3) is 0 Å². The van der Waals surface area contributed by atoms with Crippen molar-refractivity contribution in [1.82, 2.24) is 20.2 Å². The molecule has 116 valence electrons. The third-order valence-corrected chi connectivity index (χ3v) is 3.01. The van der Waals surface area contributed by atoms with E-state index in [1.807, 2.05) is 44.4 Å². The molecule has 0 spiro atoms. The summed E-state index contributed by atoms with van der Waals surface area (Å²) in [6.07, 6.45) is 3.96. The lowest BCUT2D eigenvalue weighted by Crippen LogP contribution is -2.27. The highest BCUT2D eigenvalue weighted by atomic mass is 16.1. The molecule has 2 N–H and O–H groups in total. The molecule has 0 unspecified atom stereocenters. The highest BCUT2D eigenvalue weighted by Gasteiger charge is 2.06. The molecule has 1 heterocycles. The van der Waals surface area contributed by atoms with E-state index in [9.17, 15) is 4.79 Å². The molecule has 2 aromatic rings. The summed E-state index contributed by atoms with van der Waals surface area (Å²) in [6, 6.07) is 9.65. The number of benzene rings is 1. The lowest BCUT2D eigenvalue weighted by molar-refractivity contribution is 0.0951. The average molecular weight is 299 g/mol. The van der Waals surface area contributed by atoms with Crippen molar-refractivity contribution in [3.05, 3.63) is 48.3 Å². The number of anilines is 2. The number of carbonyl (C=O) groups excluding carboxylic acids is 1. The maximum atomic E-state index is 11.9. The first kappa shape index (κ1) is 15.9. The molecule has 0 aliphatic carbocycles. The fraction of sp³-hybridized carbons (Fsp3) is 0.312. The van der Waals surface area contributed by atoms with Crippen molar-refractivity contribution in [1.29, 1.82) is 0 Å². The molecule has 0 aliphatic heterocycles. The van der Waals surface area contributed by atoms with E-state index in [-0.39, 0.29) is 5.91 Å². The van der Waals surface area contributed by atoms with Crippen molar-refractivity contribution in [3.8, 4) is 0 Å². The fourth-order valence-electron chi connectivity index (χ4n) is 1.86. The van der Waals surface area contributed by atoms with Gasteiger partial charge in [0.15, 0.2) is 0 Å². The van der Waals surface area contributed by atoms with E-state index in [0.717, 1.165) is 18.7 Å². The van der Waals surface area contributed by atoms with Gasteiger partial charge in [0.05, 0.1) is 5.56 Å². The van der Waals surface area contributed by atoms with E-state index in [1.165, 1.54) is 12.4 Å². The van der Waals surface area contributed by atoms with Crippen molar-refractivity contribution in [2.75, 3.05) is 32.5 Å². The monoisotopic (exact) mass is 299 g/mol. The maximum Gasteiger partial charge on any atom is 0.254 e. The van der Waals surface area contributed by atoms with Crippen LogP contribution in [0, 0.1) is 0 Å². The molecule has 0 saturated heterocycles. The molecule has 0 fully saturated rings.